The van der Waals surface area contributed by atoms with Crippen molar-refractivity contribution in [2.75, 3.05) is 0 Å². The first-order chi connectivity index (χ1) is 10.3. The summed E-state index contributed by atoms with van der Waals surface area (Å²) in [7, 11) is 0. The van der Waals surface area contributed by atoms with Gasteiger partial charge in [-0.2, -0.15) is 0 Å². The van der Waals surface area contributed by atoms with Crippen LogP contribution >= 0.6 is 0 Å². The Hall–Kier alpha value is -1.61. The van der Waals surface area contributed by atoms with Crippen molar-refractivity contribution in [1.82, 2.24) is 14.9 Å². The molecule has 2 aromatic rings. The van der Waals surface area contributed by atoms with Gasteiger partial charge in [0.05, 0.1) is 6.54 Å². The molecule has 0 fully saturated rings. The second-order valence-electron chi connectivity index (χ2n) is 5.48. The lowest BCUT2D eigenvalue weighted by Gasteiger charge is -2.27. The van der Waals surface area contributed by atoms with Crippen LogP contribution < -0.4 is 5.32 Å². The van der Waals surface area contributed by atoms with Crippen molar-refractivity contribution in [3.8, 4) is 0 Å². The Labute approximate surface area is 128 Å². The Morgan fingerprint density at radius 2 is 1.81 bits per heavy atom. The van der Waals surface area contributed by atoms with E-state index in [1.165, 1.54) is 18.4 Å². The molecule has 0 amide bonds. The van der Waals surface area contributed by atoms with Gasteiger partial charge in [0.15, 0.2) is 0 Å². The minimum atomic E-state index is 0.392. The first kappa shape index (κ1) is 15.8. The largest absolute Gasteiger partial charge is 0.334 e. The van der Waals surface area contributed by atoms with Gasteiger partial charge in [-0.3, -0.25) is 0 Å². The second kappa shape index (κ2) is 7.99. The molecule has 0 aliphatic rings. The van der Waals surface area contributed by atoms with Gasteiger partial charge in [-0.25, -0.2) is 4.98 Å². The zero-order valence-electron chi connectivity index (χ0n) is 13.4. The quantitative estimate of drug-likeness (QED) is 0.789. The molecule has 1 heterocycles. The van der Waals surface area contributed by atoms with Crippen LogP contribution in [0.25, 0.3) is 0 Å². The molecule has 0 saturated carbocycles. The van der Waals surface area contributed by atoms with Crippen LogP contribution in [0.2, 0.25) is 0 Å². The molecule has 1 N–H and O–H groups in total. The van der Waals surface area contributed by atoms with Gasteiger partial charge < -0.3 is 9.88 Å². The number of hydrogen-bond donors (Lipinski definition) is 1. The topological polar surface area (TPSA) is 29.9 Å². The summed E-state index contributed by atoms with van der Waals surface area (Å²) in [6.07, 6.45) is 6.30. The van der Waals surface area contributed by atoms with E-state index in [1.807, 2.05) is 12.4 Å². The molecule has 0 spiro atoms. The molecule has 1 atom stereocenters. The normalized spacial score (nSPS) is 12.8. The number of imidazole rings is 1. The number of hydrogen-bond acceptors (Lipinski definition) is 2. The molecule has 0 bridgehead atoms. The molecule has 0 saturated heterocycles. The molecule has 1 unspecified atom stereocenters. The van der Waals surface area contributed by atoms with Crippen molar-refractivity contribution in [1.29, 1.82) is 0 Å². The highest BCUT2D eigenvalue weighted by Crippen LogP contribution is 2.27. The van der Waals surface area contributed by atoms with Crippen LogP contribution in [0.5, 0.6) is 0 Å². The molecule has 21 heavy (non-hydrogen) atoms. The van der Waals surface area contributed by atoms with Crippen LogP contribution in [0.4, 0.5) is 0 Å². The number of rotatable bonds is 8. The Balaban J connectivity index is 2.13. The molecule has 3 heteroatoms. The van der Waals surface area contributed by atoms with Gasteiger partial charge in [-0.05, 0) is 18.4 Å². The van der Waals surface area contributed by atoms with E-state index >= 15 is 0 Å². The van der Waals surface area contributed by atoms with Crippen molar-refractivity contribution in [2.45, 2.75) is 52.7 Å². The smallest absolute Gasteiger partial charge is 0.122 e. The highest BCUT2D eigenvalue weighted by atomic mass is 15.1. The van der Waals surface area contributed by atoms with Crippen LogP contribution in [0, 0.1) is 5.92 Å². The summed E-state index contributed by atoms with van der Waals surface area (Å²) in [6.45, 7) is 8.49. The van der Waals surface area contributed by atoms with E-state index < -0.39 is 0 Å². The summed E-state index contributed by atoms with van der Waals surface area (Å²) < 4.78 is 2.20. The molecule has 1 aromatic heterocycles. The lowest BCUT2D eigenvalue weighted by atomic mass is 9.89. The molecule has 3 nitrogen and oxygen atoms in total. The lowest BCUT2D eigenvalue weighted by molar-refractivity contribution is 0.335. The van der Waals surface area contributed by atoms with Gasteiger partial charge in [0.2, 0.25) is 0 Å². The molecule has 0 aliphatic carbocycles. The summed E-state index contributed by atoms with van der Waals surface area (Å²) in [4.78, 5) is 4.46. The third kappa shape index (κ3) is 3.94. The molecular formula is C18H27N3. The Bertz CT molecular complexity index is 514. The van der Waals surface area contributed by atoms with E-state index in [2.05, 4.69) is 66.0 Å². The average molecular weight is 285 g/mol. The number of benzene rings is 1. The highest BCUT2D eigenvalue weighted by molar-refractivity contribution is 5.19. The van der Waals surface area contributed by atoms with Gasteiger partial charge in [-0.1, -0.05) is 57.0 Å². The van der Waals surface area contributed by atoms with E-state index in [1.54, 1.807) is 0 Å². The Morgan fingerprint density at radius 3 is 2.43 bits per heavy atom. The van der Waals surface area contributed by atoms with Crippen molar-refractivity contribution < 1.29 is 0 Å². The molecule has 0 aliphatic heterocycles. The average Bonchev–Trinajstić information content (AvgIpc) is 2.99. The second-order valence-corrected chi connectivity index (χ2v) is 5.48. The number of nitrogens with one attached hydrogen (secondary N) is 1. The van der Waals surface area contributed by atoms with Gasteiger partial charge >= 0.3 is 0 Å². The zero-order chi connectivity index (χ0) is 15.1. The van der Waals surface area contributed by atoms with Gasteiger partial charge in [0, 0.05) is 25.0 Å². The summed E-state index contributed by atoms with van der Waals surface area (Å²) >= 11 is 0. The fraction of sp³-hybridized carbons (Fsp3) is 0.500. The monoisotopic (exact) mass is 285 g/mol. The van der Waals surface area contributed by atoms with E-state index in [9.17, 15) is 0 Å². The van der Waals surface area contributed by atoms with Gasteiger partial charge in [-0.15, -0.1) is 0 Å². The molecule has 1 aromatic carbocycles. The summed E-state index contributed by atoms with van der Waals surface area (Å²) in [5.41, 5.74) is 1.38. The highest BCUT2D eigenvalue weighted by Gasteiger charge is 2.20. The van der Waals surface area contributed by atoms with Crippen LogP contribution in [0.1, 0.15) is 51.0 Å². The minimum absolute atomic E-state index is 0.392. The Kier molecular flexibility index (Phi) is 6.00. The van der Waals surface area contributed by atoms with Crippen LogP contribution in [-0.4, -0.2) is 9.55 Å². The SMILES string of the molecule is CCC(CC)C(NCc1nccn1CC)c1ccccc1. The number of nitrogens with zero attached hydrogens (tertiary/aromatic N) is 2. The third-order valence-electron chi connectivity index (χ3n) is 4.30. The van der Waals surface area contributed by atoms with Crippen LogP contribution in [0.3, 0.4) is 0 Å². The van der Waals surface area contributed by atoms with Gasteiger partial charge in [0.1, 0.15) is 5.82 Å². The maximum Gasteiger partial charge on any atom is 0.122 e. The summed E-state index contributed by atoms with van der Waals surface area (Å²) in [5, 5.41) is 3.73. The fourth-order valence-corrected chi connectivity index (χ4v) is 2.97. The van der Waals surface area contributed by atoms with E-state index in [-0.39, 0.29) is 0 Å². The zero-order valence-corrected chi connectivity index (χ0v) is 13.4. The summed E-state index contributed by atoms with van der Waals surface area (Å²) in [6, 6.07) is 11.2. The predicted octanol–water partition coefficient (Wildman–Crippen LogP) is 4.17. The van der Waals surface area contributed by atoms with Crippen molar-refractivity contribution >= 4 is 0 Å². The van der Waals surface area contributed by atoms with E-state index in [0.717, 1.165) is 18.9 Å². The van der Waals surface area contributed by atoms with Crippen molar-refractivity contribution in [3.05, 3.63) is 54.1 Å². The van der Waals surface area contributed by atoms with Crippen LogP contribution in [0.15, 0.2) is 42.7 Å². The molecule has 114 valence electrons. The predicted molar refractivity (Wildman–Crippen MR) is 88.0 cm³/mol. The molecule has 2 rings (SSSR count). The van der Waals surface area contributed by atoms with E-state index in [0.29, 0.717) is 12.0 Å². The minimum Gasteiger partial charge on any atom is -0.334 e. The summed E-state index contributed by atoms with van der Waals surface area (Å²) in [5.74, 6) is 1.77. The third-order valence-corrected chi connectivity index (χ3v) is 4.30. The maximum atomic E-state index is 4.46. The standard InChI is InChI=1S/C18H27N3/c1-4-15(5-2)18(16-10-8-7-9-11-16)20-14-17-19-12-13-21(17)6-3/h7-13,15,18,20H,4-6,14H2,1-3H3. The van der Waals surface area contributed by atoms with Crippen molar-refractivity contribution in [2.24, 2.45) is 5.92 Å². The van der Waals surface area contributed by atoms with Gasteiger partial charge in [0.25, 0.3) is 0 Å². The van der Waals surface area contributed by atoms with E-state index in [4.69, 9.17) is 0 Å². The number of aryl methyl sites for hydroxylation is 1. The number of aromatic nitrogens is 2. The van der Waals surface area contributed by atoms with Crippen LogP contribution in [-0.2, 0) is 13.1 Å². The molecule has 0 radical (unpaired) electrons. The first-order valence-corrected chi connectivity index (χ1v) is 8.08. The van der Waals surface area contributed by atoms with Crippen molar-refractivity contribution in [3.63, 3.8) is 0 Å². The Morgan fingerprint density at radius 1 is 1.10 bits per heavy atom. The fourth-order valence-electron chi connectivity index (χ4n) is 2.97. The maximum absolute atomic E-state index is 4.46. The first-order valence-electron chi connectivity index (χ1n) is 8.08. The lowest BCUT2D eigenvalue weighted by Crippen LogP contribution is -2.28. The molecular weight excluding hydrogens is 258 g/mol.